The van der Waals surface area contributed by atoms with E-state index in [0.29, 0.717) is 11.3 Å². The van der Waals surface area contributed by atoms with Crippen molar-refractivity contribution in [3.05, 3.63) is 70.3 Å². The van der Waals surface area contributed by atoms with Gasteiger partial charge in [0.2, 0.25) is 0 Å². The molecule has 0 aliphatic heterocycles. The Labute approximate surface area is 149 Å². The van der Waals surface area contributed by atoms with E-state index in [0.717, 1.165) is 0 Å². The molecule has 1 atom stereocenters. The third-order valence-electron chi connectivity index (χ3n) is 3.40. The van der Waals surface area contributed by atoms with Crippen LogP contribution >= 0.6 is 0 Å². The van der Waals surface area contributed by atoms with Crippen molar-refractivity contribution < 1.29 is 24.0 Å². The standard InChI is InChI=1S/C18H18N2O6/c1-2-25-17(21)16(12-13-8-10-14(11-9-13)20(23)24)19-18(22)26-15-6-4-3-5-7-15/h3-11,16H,2,12H2,1H3,(H,19,22)/t16-/m0/s1. The first-order chi connectivity index (χ1) is 12.5. The Balaban J connectivity index is 2.06. The maximum absolute atomic E-state index is 12.1. The summed E-state index contributed by atoms with van der Waals surface area (Å²) in [5.74, 6) is -0.279. The van der Waals surface area contributed by atoms with E-state index in [-0.39, 0.29) is 18.7 Å². The van der Waals surface area contributed by atoms with Crippen LogP contribution in [0.25, 0.3) is 0 Å². The van der Waals surface area contributed by atoms with Gasteiger partial charge in [-0.3, -0.25) is 10.1 Å². The van der Waals surface area contributed by atoms with Gasteiger partial charge < -0.3 is 14.8 Å². The van der Waals surface area contributed by atoms with Crippen molar-refractivity contribution in [3.63, 3.8) is 0 Å². The van der Waals surface area contributed by atoms with E-state index >= 15 is 0 Å². The first-order valence-corrected chi connectivity index (χ1v) is 7.93. The minimum Gasteiger partial charge on any atom is -0.464 e. The zero-order valence-corrected chi connectivity index (χ0v) is 14.1. The van der Waals surface area contributed by atoms with E-state index < -0.39 is 23.0 Å². The lowest BCUT2D eigenvalue weighted by Gasteiger charge is -2.17. The molecule has 1 amide bonds. The molecule has 0 unspecified atom stereocenters. The number of hydrogen-bond donors (Lipinski definition) is 1. The second-order valence-electron chi connectivity index (χ2n) is 5.28. The lowest BCUT2D eigenvalue weighted by Crippen LogP contribution is -2.44. The lowest BCUT2D eigenvalue weighted by molar-refractivity contribution is -0.384. The smallest absolute Gasteiger partial charge is 0.413 e. The van der Waals surface area contributed by atoms with Gasteiger partial charge in [-0.25, -0.2) is 9.59 Å². The summed E-state index contributed by atoms with van der Waals surface area (Å²) < 4.78 is 10.1. The highest BCUT2D eigenvalue weighted by atomic mass is 16.6. The van der Waals surface area contributed by atoms with Gasteiger partial charge in [0.15, 0.2) is 0 Å². The molecule has 2 rings (SSSR count). The predicted molar refractivity (Wildman–Crippen MR) is 92.8 cm³/mol. The van der Waals surface area contributed by atoms with Gasteiger partial charge in [-0.1, -0.05) is 30.3 Å². The van der Waals surface area contributed by atoms with Crippen molar-refractivity contribution in [3.8, 4) is 5.75 Å². The number of nitro benzene ring substituents is 1. The molecule has 0 heterocycles. The molecule has 26 heavy (non-hydrogen) atoms. The quantitative estimate of drug-likeness (QED) is 0.463. The van der Waals surface area contributed by atoms with E-state index in [1.165, 1.54) is 24.3 Å². The van der Waals surface area contributed by atoms with E-state index in [1.54, 1.807) is 37.3 Å². The molecule has 1 N–H and O–H groups in total. The van der Waals surface area contributed by atoms with Crippen LogP contribution in [0.15, 0.2) is 54.6 Å². The molecule has 136 valence electrons. The largest absolute Gasteiger partial charge is 0.464 e. The monoisotopic (exact) mass is 358 g/mol. The molecule has 0 saturated heterocycles. The minimum absolute atomic E-state index is 0.0575. The molecule has 2 aromatic carbocycles. The SMILES string of the molecule is CCOC(=O)[C@H](Cc1ccc([N+](=O)[O-])cc1)NC(=O)Oc1ccccc1. The second kappa shape index (κ2) is 9.16. The zero-order valence-electron chi connectivity index (χ0n) is 14.1. The van der Waals surface area contributed by atoms with Crippen LogP contribution in [0.3, 0.4) is 0 Å². The molecule has 0 aliphatic rings. The topological polar surface area (TPSA) is 108 Å². The Kier molecular flexibility index (Phi) is 6.67. The van der Waals surface area contributed by atoms with Gasteiger partial charge >= 0.3 is 12.1 Å². The first kappa shape index (κ1) is 18.9. The Bertz CT molecular complexity index is 761. The summed E-state index contributed by atoms with van der Waals surface area (Å²) in [7, 11) is 0. The summed E-state index contributed by atoms with van der Waals surface area (Å²) in [4.78, 5) is 34.3. The van der Waals surface area contributed by atoms with Gasteiger partial charge in [0.1, 0.15) is 11.8 Å². The molecule has 0 bridgehead atoms. The summed E-state index contributed by atoms with van der Waals surface area (Å²) in [6.45, 7) is 1.81. The number of benzene rings is 2. The highest BCUT2D eigenvalue weighted by Gasteiger charge is 2.23. The summed E-state index contributed by atoms with van der Waals surface area (Å²) in [6.07, 6.45) is -0.683. The number of carbonyl (C=O) groups excluding carboxylic acids is 2. The highest BCUT2D eigenvalue weighted by Crippen LogP contribution is 2.14. The van der Waals surface area contributed by atoms with E-state index in [4.69, 9.17) is 9.47 Å². The van der Waals surface area contributed by atoms with Crippen LogP contribution in [-0.2, 0) is 16.0 Å². The summed E-state index contributed by atoms with van der Waals surface area (Å²) >= 11 is 0. The Morgan fingerprint density at radius 3 is 2.35 bits per heavy atom. The first-order valence-electron chi connectivity index (χ1n) is 7.93. The van der Waals surface area contributed by atoms with Crippen molar-refractivity contribution in [1.29, 1.82) is 0 Å². The van der Waals surface area contributed by atoms with Gasteiger partial charge in [0.05, 0.1) is 11.5 Å². The maximum Gasteiger partial charge on any atom is 0.413 e. The van der Waals surface area contributed by atoms with Crippen LogP contribution in [-0.4, -0.2) is 29.6 Å². The Morgan fingerprint density at radius 1 is 1.12 bits per heavy atom. The fraction of sp³-hybridized carbons (Fsp3) is 0.222. The molecule has 0 spiro atoms. The third kappa shape index (κ3) is 5.59. The number of nitro groups is 1. The van der Waals surface area contributed by atoms with Crippen molar-refractivity contribution in [2.75, 3.05) is 6.61 Å². The summed E-state index contributed by atoms with van der Waals surface area (Å²) in [5.41, 5.74) is 0.576. The third-order valence-corrected chi connectivity index (χ3v) is 3.40. The maximum atomic E-state index is 12.1. The number of amides is 1. The Morgan fingerprint density at radius 2 is 1.77 bits per heavy atom. The van der Waals surface area contributed by atoms with Crippen molar-refractivity contribution >= 4 is 17.7 Å². The fourth-order valence-electron chi connectivity index (χ4n) is 2.19. The van der Waals surface area contributed by atoms with Crippen LogP contribution < -0.4 is 10.1 Å². The second-order valence-corrected chi connectivity index (χ2v) is 5.28. The van der Waals surface area contributed by atoms with E-state index in [1.807, 2.05) is 0 Å². The molecule has 8 heteroatoms. The van der Waals surface area contributed by atoms with E-state index in [9.17, 15) is 19.7 Å². The number of nitrogens with one attached hydrogen (secondary N) is 1. The van der Waals surface area contributed by atoms with Gasteiger partial charge in [-0.15, -0.1) is 0 Å². The number of nitrogens with zero attached hydrogens (tertiary/aromatic N) is 1. The summed E-state index contributed by atoms with van der Waals surface area (Å²) in [6, 6.07) is 13.1. The van der Waals surface area contributed by atoms with E-state index in [2.05, 4.69) is 5.32 Å². The molecule has 0 fully saturated rings. The molecule has 0 aliphatic carbocycles. The van der Waals surface area contributed by atoms with Crippen LogP contribution in [0, 0.1) is 10.1 Å². The van der Waals surface area contributed by atoms with Gasteiger partial charge in [-0.05, 0) is 24.6 Å². The molecule has 8 nitrogen and oxygen atoms in total. The number of hydrogen-bond acceptors (Lipinski definition) is 6. The summed E-state index contributed by atoms with van der Waals surface area (Å²) in [5, 5.41) is 13.2. The average molecular weight is 358 g/mol. The van der Waals surface area contributed by atoms with Crippen molar-refractivity contribution in [1.82, 2.24) is 5.32 Å². The number of ether oxygens (including phenoxy) is 2. The van der Waals surface area contributed by atoms with Crippen LogP contribution in [0.2, 0.25) is 0 Å². The predicted octanol–water partition coefficient (Wildman–Crippen LogP) is 2.86. The molecule has 0 radical (unpaired) electrons. The number of carbonyl (C=O) groups is 2. The average Bonchev–Trinajstić information content (AvgIpc) is 2.62. The lowest BCUT2D eigenvalue weighted by atomic mass is 10.1. The van der Waals surface area contributed by atoms with Crippen LogP contribution in [0.1, 0.15) is 12.5 Å². The van der Waals surface area contributed by atoms with Crippen molar-refractivity contribution in [2.45, 2.75) is 19.4 Å². The minimum atomic E-state index is -0.979. The fourth-order valence-corrected chi connectivity index (χ4v) is 2.19. The molecular weight excluding hydrogens is 340 g/mol. The molecule has 0 aromatic heterocycles. The number of rotatable bonds is 7. The number of non-ortho nitro benzene ring substituents is 1. The highest BCUT2D eigenvalue weighted by molar-refractivity contribution is 5.82. The van der Waals surface area contributed by atoms with Gasteiger partial charge in [0, 0.05) is 18.6 Å². The van der Waals surface area contributed by atoms with Crippen LogP contribution in [0.5, 0.6) is 5.75 Å². The molecular formula is C18H18N2O6. The zero-order chi connectivity index (χ0) is 18.9. The normalized spacial score (nSPS) is 11.3. The molecule has 2 aromatic rings. The number of para-hydroxylation sites is 1. The van der Waals surface area contributed by atoms with Crippen molar-refractivity contribution in [2.24, 2.45) is 0 Å². The van der Waals surface area contributed by atoms with Crippen LogP contribution in [0.4, 0.5) is 10.5 Å². The Hall–Kier alpha value is -3.42. The van der Waals surface area contributed by atoms with Gasteiger partial charge in [-0.2, -0.15) is 0 Å². The van der Waals surface area contributed by atoms with Gasteiger partial charge in [0.25, 0.3) is 5.69 Å². The molecule has 0 saturated carbocycles. The number of esters is 1.